The molecule has 0 saturated heterocycles. The summed E-state index contributed by atoms with van der Waals surface area (Å²) in [7, 11) is 0. The van der Waals surface area contributed by atoms with E-state index in [1.807, 2.05) is 6.20 Å². The van der Waals surface area contributed by atoms with E-state index < -0.39 is 0 Å². The van der Waals surface area contributed by atoms with Crippen LogP contribution in [-0.4, -0.2) is 9.97 Å². The van der Waals surface area contributed by atoms with Crippen molar-refractivity contribution in [3.63, 3.8) is 0 Å². The lowest BCUT2D eigenvalue weighted by Crippen LogP contribution is -2.17. The SMILES string of the molecule is CC1CC=Cc2ncc(C(C)(C)C)nc21. The van der Waals surface area contributed by atoms with E-state index in [2.05, 4.69) is 44.8 Å². The highest BCUT2D eigenvalue weighted by atomic mass is 14.8. The molecular weight excluding hydrogens is 184 g/mol. The zero-order chi connectivity index (χ0) is 11.1. The van der Waals surface area contributed by atoms with Crippen molar-refractivity contribution >= 4 is 6.08 Å². The van der Waals surface area contributed by atoms with Crippen molar-refractivity contribution in [3.8, 4) is 0 Å². The highest BCUT2D eigenvalue weighted by Crippen LogP contribution is 2.28. The molecule has 1 unspecified atom stereocenters. The first-order valence-electron chi connectivity index (χ1n) is 5.52. The Bertz CT molecular complexity index is 399. The van der Waals surface area contributed by atoms with E-state index in [1.54, 1.807) is 0 Å². The Labute approximate surface area is 91.5 Å². The number of aromatic nitrogens is 2. The summed E-state index contributed by atoms with van der Waals surface area (Å²) >= 11 is 0. The van der Waals surface area contributed by atoms with Crippen LogP contribution in [0.3, 0.4) is 0 Å². The summed E-state index contributed by atoms with van der Waals surface area (Å²) in [6.07, 6.45) is 7.24. The van der Waals surface area contributed by atoms with E-state index in [4.69, 9.17) is 4.98 Å². The molecule has 0 amide bonds. The van der Waals surface area contributed by atoms with Crippen LogP contribution in [-0.2, 0) is 5.41 Å². The van der Waals surface area contributed by atoms with E-state index in [1.165, 1.54) is 0 Å². The van der Waals surface area contributed by atoms with Gasteiger partial charge in [-0.1, -0.05) is 33.8 Å². The number of fused-ring (bicyclic) bond motifs is 1. The molecule has 0 N–H and O–H groups in total. The molecule has 0 radical (unpaired) electrons. The van der Waals surface area contributed by atoms with Crippen LogP contribution < -0.4 is 0 Å². The second kappa shape index (κ2) is 3.44. The van der Waals surface area contributed by atoms with Gasteiger partial charge >= 0.3 is 0 Å². The predicted octanol–water partition coefficient (Wildman–Crippen LogP) is 3.29. The van der Waals surface area contributed by atoms with Crippen molar-refractivity contribution < 1.29 is 0 Å². The van der Waals surface area contributed by atoms with Crippen molar-refractivity contribution in [2.45, 2.75) is 45.4 Å². The van der Waals surface area contributed by atoms with Gasteiger partial charge in [0.1, 0.15) is 0 Å². The summed E-state index contributed by atoms with van der Waals surface area (Å²) in [6, 6.07) is 0. The molecule has 1 heterocycles. The molecule has 1 aliphatic rings. The Balaban J connectivity index is 2.50. The molecule has 0 aromatic carbocycles. The third-order valence-electron chi connectivity index (χ3n) is 2.83. The topological polar surface area (TPSA) is 25.8 Å². The molecule has 1 aromatic rings. The quantitative estimate of drug-likeness (QED) is 0.645. The standard InChI is InChI=1S/C13H18N2/c1-9-6-5-7-10-12(9)15-11(8-14-10)13(2,3)4/h5,7-9H,6H2,1-4H3. The number of hydrogen-bond donors (Lipinski definition) is 0. The first-order valence-corrected chi connectivity index (χ1v) is 5.52. The molecule has 0 spiro atoms. The Kier molecular flexibility index (Phi) is 2.37. The fourth-order valence-electron chi connectivity index (χ4n) is 1.76. The Morgan fingerprint density at radius 1 is 1.33 bits per heavy atom. The molecule has 2 nitrogen and oxygen atoms in total. The maximum Gasteiger partial charge on any atom is 0.0845 e. The first kappa shape index (κ1) is 10.3. The molecule has 0 bridgehead atoms. The molecule has 15 heavy (non-hydrogen) atoms. The minimum atomic E-state index is 0.0862. The average Bonchev–Trinajstić information content (AvgIpc) is 2.16. The van der Waals surface area contributed by atoms with Gasteiger partial charge in [0.2, 0.25) is 0 Å². The van der Waals surface area contributed by atoms with Crippen molar-refractivity contribution in [1.82, 2.24) is 9.97 Å². The van der Waals surface area contributed by atoms with Gasteiger partial charge in [-0.05, 0) is 12.5 Å². The van der Waals surface area contributed by atoms with Crippen molar-refractivity contribution in [2.24, 2.45) is 0 Å². The molecule has 1 atom stereocenters. The van der Waals surface area contributed by atoms with E-state index in [0.717, 1.165) is 23.5 Å². The Morgan fingerprint density at radius 2 is 2.07 bits per heavy atom. The van der Waals surface area contributed by atoms with Crippen LogP contribution in [0.25, 0.3) is 6.08 Å². The lowest BCUT2D eigenvalue weighted by molar-refractivity contribution is 0.555. The molecule has 80 valence electrons. The summed E-state index contributed by atoms with van der Waals surface area (Å²) < 4.78 is 0. The zero-order valence-electron chi connectivity index (χ0n) is 9.91. The van der Waals surface area contributed by atoms with Crippen LogP contribution in [0.1, 0.15) is 57.1 Å². The fourth-order valence-corrected chi connectivity index (χ4v) is 1.76. The Morgan fingerprint density at radius 3 is 2.73 bits per heavy atom. The highest BCUT2D eigenvalue weighted by Gasteiger charge is 2.21. The van der Waals surface area contributed by atoms with Gasteiger partial charge in [-0.15, -0.1) is 0 Å². The van der Waals surface area contributed by atoms with Crippen molar-refractivity contribution in [3.05, 3.63) is 29.4 Å². The van der Waals surface area contributed by atoms with E-state index in [0.29, 0.717) is 5.92 Å². The van der Waals surface area contributed by atoms with Crippen LogP contribution in [0.5, 0.6) is 0 Å². The van der Waals surface area contributed by atoms with Gasteiger partial charge in [-0.3, -0.25) is 9.97 Å². The molecule has 0 saturated carbocycles. The van der Waals surface area contributed by atoms with Gasteiger partial charge in [0.15, 0.2) is 0 Å². The minimum absolute atomic E-state index is 0.0862. The average molecular weight is 202 g/mol. The highest BCUT2D eigenvalue weighted by molar-refractivity contribution is 5.51. The van der Waals surface area contributed by atoms with E-state index >= 15 is 0 Å². The summed E-state index contributed by atoms with van der Waals surface area (Å²) in [5, 5.41) is 0. The van der Waals surface area contributed by atoms with Gasteiger partial charge in [-0.2, -0.15) is 0 Å². The molecule has 2 heteroatoms. The van der Waals surface area contributed by atoms with Gasteiger partial charge < -0.3 is 0 Å². The maximum absolute atomic E-state index is 4.75. The van der Waals surface area contributed by atoms with E-state index in [-0.39, 0.29) is 5.41 Å². The number of nitrogens with zero attached hydrogens (tertiary/aromatic N) is 2. The maximum atomic E-state index is 4.75. The van der Waals surface area contributed by atoms with Crippen molar-refractivity contribution in [2.75, 3.05) is 0 Å². The normalized spacial score (nSPS) is 20.1. The van der Waals surface area contributed by atoms with E-state index in [9.17, 15) is 0 Å². The molecule has 1 aromatic heterocycles. The smallest absolute Gasteiger partial charge is 0.0845 e. The van der Waals surface area contributed by atoms with Crippen LogP contribution in [0, 0.1) is 0 Å². The lowest BCUT2D eigenvalue weighted by Gasteiger charge is -2.22. The largest absolute Gasteiger partial charge is 0.253 e. The summed E-state index contributed by atoms with van der Waals surface area (Å²) in [4.78, 5) is 9.24. The number of rotatable bonds is 0. The first-order chi connectivity index (χ1) is 6.98. The molecule has 0 fully saturated rings. The lowest BCUT2D eigenvalue weighted by atomic mass is 9.90. The summed E-state index contributed by atoms with van der Waals surface area (Å²) in [5.41, 5.74) is 3.37. The third-order valence-corrected chi connectivity index (χ3v) is 2.83. The third kappa shape index (κ3) is 1.94. The van der Waals surface area contributed by atoms with Crippen molar-refractivity contribution in [1.29, 1.82) is 0 Å². The molecule has 1 aliphatic carbocycles. The molecular formula is C13H18N2. The predicted molar refractivity (Wildman–Crippen MR) is 62.8 cm³/mol. The summed E-state index contributed by atoms with van der Waals surface area (Å²) in [5.74, 6) is 0.500. The van der Waals surface area contributed by atoms with Gasteiger partial charge in [0.05, 0.1) is 17.1 Å². The summed E-state index contributed by atoms with van der Waals surface area (Å²) in [6.45, 7) is 8.73. The van der Waals surface area contributed by atoms with Crippen LogP contribution >= 0.6 is 0 Å². The fraction of sp³-hybridized carbons (Fsp3) is 0.538. The van der Waals surface area contributed by atoms with Crippen LogP contribution in [0.4, 0.5) is 0 Å². The number of hydrogen-bond acceptors (Lipinski definition) is 2. The van der Waals surface area contributed by atoms with Gasteiger partial charge in [0.25, 0.3) is 0 Å². The number of allylic oxidation sites excluding steroid dienone is 1. The molecule has 0 aliphatic heterocycles. The zero-order valence-corrected chi connectivity index (χ0v) is 9.91. The second-order valence-corrected chi connectivity index (χ2v) is 5.31. The monoisotopic (exact) mass is 202 g/mol. The molecule has 2 rings (SSSR count). The van der Waals surface area contributed by atoms with Gasteiger partial charge in [-0.25, -0.2) is 0 Å². The van der Waals surface area contributed by atoms with Crippen LogP contribution in [0.2, 0.25) is 0 Å². The minimum Gasteiger partial charge on any atom is -0.253 e. The second-order valence-electron chi connectivity index (χ2n) is 5.31. The van der Waals surface area contributed by atoms with Crippen LogP contribution in [0.15, 0.2) is 12.3 Å². The Hall–Kier alpha value is -1.18. The van der Waals surface area contributed by atoms with Gasteiger partial charge in [0, 0.05) is 17.5 Å².